The fourth-order valence-corrected chi connectivity index (χ4v) is 1.33. The maximum absolute atomic E-state index is 11.1. The van der Waals surface area contributed by atoms with Gasteiger partial charge in [0.1, 0.15) is 0 Å². The Labute approximate surface area is 74.0 Å². The number of hydrogen-bond acceptors (Lipinski definition) is 3. The van der Waals surface area contributed by atoms with Gasteiger partial charge in [-0.25, -0.2) is 4.79 Å². The van der Waals surface area contributed by atoms with Crippen molar-refractivity contribution in [1.29, 1.82) is 0 Å². The summed E-state index contributed by atoms with van der Waals surface area (Å²) in [6, 6.07) is 5.29. The standard InChI is InChI=1S/C9H9NO3/c1-10-7-4-2-3-6(5-11)8(7)13-9(10)12/h2-4,11H,5H2,1H3. The average molecular weight is 179 g/mol. The summed E-state index contributed by atoms with van der Waals surface area (Å²) in [7, 11) is 1.63. The molecule has 0 saturated carbocycles. The van der Waals surface area contributed by atoms with E-state index in [9.17, 15) is 4.79 Å². The molecule has 0 atom stereocenters. The van der Waals surface area contributed by atoms with Crippen LogP contribution in [0.25, 0.3) is 11.1 Å². The molecule has 68 valence electrons. The zero-order chi connectivity index (χ0) is 9.42. The van der Waals surface area contributed by atoms with Gasteiger partial charge < -0.3 is 9.52 Å². The first kappa shape index (κ1) is 8.07. The topological polar surface area (TPSA) is 55.4 Å². The molecule has 0 saturated heterocycles. The van der Waals surface area contributed by atoms with Gasteiger partial charge in [0.2, 0.25) is 0 Å². The maximum Gasteiger partial charge on any atom is 0.419 e. The van der Waals surface area contributed by atoms with Crippen LogP contribution in [0.15, 0.2) is 27.4 Å². The van der Waals surface area contributed by atoms with Crippen LogP contribution in [-0.4, -0.2) is 9.67 Å². The third kappa shape index (κ3) is 1.07. The Morgan fingerprint density at radius 3 is 3.00 bits per heavy atom. The highest BCUT2D eigenvalue weighted by atomic mass is 16.4. The molecule has 1 heterocycles. The Balaban J connectivity index is 2.92. The molecule has 0 spiro atoms. The van der Waals surface area contributed by atoms with Crippen LogP contribution in [0.2, 0.25) is 0 Å². The number of para-hydroxylation sites is 1. The molecule has 4 nitrogen and oxygen atoms in total. The van der Waals surface area contributed by atoms with Crippen molar-refractivity contribution in [3.63, 3.8) is 0 Å². The van der Waals surface area contributed by atoms with E-state index in [1.54, 1.807) is 25.2 Å². The number of benzene rings is 1. The molecule has 4 heteroatoms. The lowest BCUT2D eigenvalue weighted by Gasteiger charge is -1.95. The summed E-state index contributed by atoms with van der Waals surface area (Å²) in [5, 5.41) is 8.96. The first-order valence-corrected chi connectivity index (χ1v) is 3.92. The van der Waals surface area contributed by atoms with Crippen molar-refractivity contribution in [2.24, 2.45) is 7.05 Å². The molecule has 13 heavy (non-hydrogen) atoms. The molecule has 0 bridgehead atoms. The molecule has 1 N–H and O–H groups in total. The number of hydrogen-bond donors (Lipinski definition) is 1. The molecule has 2 rings (SSSR count). The van der Waals surface area contributed by atoms with E-state index in [-0.39, 0.29) is 6.61 Å². The molecular formula is C9H9NO3. The Morgan fingerprint density at radius 1 is 1.54 bits per heavy atom. The first-order valence-electron chi connectivity index (χ1n) is 3.92. The SMILES string of the molecule is Cn1c(=O)oc2c(CO)cccc21. The lowest BCUT2D eigenvalue weighted by atomic mass is 10.2. The molecule has 1 aromatic carbocycles. The van der Waals surface area contributed by atoms with Gasteiger partial charge in [0.25, 0.3) is 0 Å². The molecule has 0 unspecified atom stereocenters. The second-order valence-corrected chi connectivity index (χ2v) is 2.85. The summed E-state index contributed by atoms with van der Waals surface area (Å²) in [6.45, 7) is -0.121. The second kappa shape index (κ2) is 2.74. The van der Waals surface area contributed by atoms with Crippen molar-refractivity contribution in [2.75, 3.05) is 0 Å². The van der Waals surface area contributed by atoms with Crippen molar-refractivity contribution in [1.82, 2.24) is 4.57 Å². The van der Waals surface area contributed by atoms with E-state index in [2.05, 4.69) is 0 Å². The van der Waals surface area contributed by atoms with E-state index in [1.807, 2.05) is 0 Å². The largest absolute Gasteiger partial charge is 0.419 e. The van der Waals surface area contributed by atoms with Crippen LogP contribution in [-0.2, 0) is 13.7 Å². The molecule has 0 aliphatic rings. The molecule has 0 aliphatic carbocycles. The number of aliphatic hydroxyl groups excluding tert-OH is 1. The van der Waals surface area contributed by atoms with E-state index >= 15 is 0 Å². The number of fused-ring (bicyclic) bond motifs is 1. The van der Waals surface area contributed by atoms with E-state index in [1.165, 1.54) is 4.57 Å². The van der Waals surface area contributed by atoms with Crippen molar-refractivity contribution in [3.05, 3.63) is 34.3 Å². The van der Waals surface area contributed by atoms with E-state index in [0.717, 1.165) is 0 Å². The lowest BCUT2D eigenvalue weighted by Crippen LogP contribution is -2.08. The predicted molar refractivity (Wildman–Crippen MR) is 47.4 cm³/mol. The van der Waals surface area contributed by atoms with E-state index < -0.39 is 5.76 Å². The molecule has 0 aliphatic heterocycles. The van der Waals surface area contributed by atoms with Gasteiger partial charge >= 0.3 is 5.76 Å². The summed E-state index contributed by atoms with van der Waals surface area (Å²) in [6.07, 6.45) is 0. The average Bonchev–Trinajstić information content (AvgIpc) is 2.43. The highest BCUT2D eigenvalue weighted by Gasteiger charge is 2.08. The Bertz CT molecular complexity index is 495. The number of rotatable bonds is 1. The monoisotopic (exact) mass is 179 g/mol. The third-order valence-electron chi connectivity index (χ3n) is 2.07. The lowest BCUT2D eigenvalue weighted by molar-refractivity contribution is 0.281. The molecule has 2 aromatic rings. The normalized spacial score (nSPS) is 10.9. The predicted octanol–water partition coefficient (Wildman–Crippen LogP) is 0.624. The summed E-state index contributed by atoms with van der Waals surface area (Å²) in [5.74, 6) is -0.407. The third-order valence-corrected chi connectivity index (χ3v) is 2.07. The fraction of sp³-hybridized carbons (Fsp3) is 0.222. The van der Waals surface area contributed by atoms with Gasteiger partial charge in [0, 0.05) is 12.6 Å². The summed E-state index contributed by atoms with van der Waals surface area (Å²) in [5.41, 5.74) is 1.81. The Hall–Kier alpha value is -1.55. The Morgan fingerprint density at radius 2 is 2.31 bits per heavy atom. The summed E-state index contributed by atoms with van der Waals surface area (Å²) in [4.78, 5) is 11.1. The van der Waals surface area contributed by atoms with Crippen LogP contribution in [0.5, 0.6) is 0 Å². The van der Waals surface area contributed by atoms with E-state index in [4.69, 9.17) is 9.52 Å². The van der Waals surface area contributed by atoms with Gasteiger partial charge in [-0.1, -0.05) is 12.1 Å². The van der Waals surface area contributed by atoms with Crippen LogP contribution in [0, 0.1) is 0 Å². The zero-order valence-corrected chi connectivity index (χ0v) is 7.15. The van der Waals surface area contributed by atoms with Crippen LogP contribution in [0.3, 0.4) is 0 Å². The minimum absolute atomic E-state index is 0.121. The number of nitrogens with zero attached hydrogens (tertiary/aromatic N) is 1. The summed E-state index contributed by atoms with van der Waals surface area (Å²) >= 11 is 0. The van der Waals surface area contributed by atoms with Gasteiger partial charge in [0.15, 0.2) is 5.58 Å². The van der Waals surface area contributed by atoms with Gasteiger partial charge in [-0.05, 0) is 6.07 Å². The van der Waals surface area contributed by atoms with Gasteiger partial charge in [-0.3, -0.25) is 4.57 Å². The first-order chi connectivity index (χ1) is 6.24. The van der Waals surface area contributed by atoms with E-state index in [0.29, 0.717) is 16.7 Å². The smallest absolute Gasteiger partial charge is 0.407 e. The molecule has 0 amide bonds. The van der Waals surface area contributed by atoms with Crippen molar-refractivity contribution >= 4 is 11.1 Å². The molecule has 1 aromatic heterocycles. The molecule has 0 fully saturated rings. The van der Waals surface area contributed by atoms with Crippen LogP contribution in [0.4, 0.5) is 0 Å². The minimum Gasteiger partial charge on any atom is -0.407 e. The number of oxazole rings is 1. The van der Waals surface area contributed by atoms with Gasteiger partial charge in [-0.15, -0.1) is 0 Å². The number of aryl methyl sites for hydroxylation is 1. The van der Waals surface area contributed by atoms with Crippen LogP contribution >= 0.6 is 0 Å². The Kier molecular flexibility index (Phi) is 1.70. The van der Waals surface area contributed by atoms with Crippen molar-refractivity contribution in [3.8, 4) is 0 Å². The highest BCUT2D eigenvalue weighted by molar-refractivity contribution is 5.76. The van der Waals surface area contributed by atoms with Crippen LogP contribution < -0.4 is 5.76 Å². The molecular weight excluding hydrogens is 170 g/mol. The van der Waals surface area contributed by atoms with Crippen molar-refractivity contribution < 1.29 is 9.52 Å². The molecule has 0 radical (unpaired) electrons. The number of aromatic nitrogens is 1. The summed E-state index contributed by atoms with van der Waals surface area (Å²) < 4.78 is 6.38. The quantitative estimate of drug-likeness (QED) is 0.698. The van der Waals surface area contributed by atoms with Crippen LogP contribution in [0.1, 0.15) is 5.56 Å². The van der Waals surface area contributed by atoms with Crippen molar-refractivity contribution in [2.45, 2.75) is 6.61 Å². The zero-order valence-electron chi connectivity index (χ0n) is 7.15. The van der Waals surface area contributed by atoms with Gasteiger partial charge in [0.05, 0.1) is 12.1 Å². The minimum atomic E-state index is -0.407. The highest BCUT2D eigenvalue weighted by Crippen LogP contribution is 2.16. The fourth-order valence-electron chi connectivity index (χ4n) is 1.33. The maximum atomic E-state index is 11.1. The number of aliphatic hydroxyl groups is 1. The second-order valence-electron chi connectivity index (χ2n) is 2.85. The van der Waals surface area contributed by atoms with Gasteiger partial charge in [-0.2, -0.15) is 0 Å².